The van der Waals surface area contributed by atoms with Crippen LogP contribution in [0.4, 0.5) is 4.39 Å². The number of ether oxygens (including phenoxy) is 1. The standard InChI is InChI=1S/C16H9FN2O/c17-13-5-11(9-18)6-14(8-13)20-15-7-12-3-1-2-4-16(12)19-10-15/h1-8,10H. The number of rotatable bonds is 2. The number of benzene rings is 2. The molecule has 0 aliphatic carbocycles. The quantitative estimate of drug-likeness (QED) is 0.701. The van der Waals surface area contributed by atoms with Crippen LogP contribution in [0.5, 0.6) is 11.5 Å². The summed E-state index contributed by atoms with van der Waals surface area (Å²) in [4.78, 5) is 4.26. The Balaban J connectivity index is 1.97. The van der Waals surface area contributed by atoms with Crippen molar-refractivity contribution >= 4 is 10.9 Å². The molecular formula is C16H9FN2O. The third-order valence-corrected chi connectivity index (χ3v) is 2.80. The zero-order valence-corrected chi connectivity index (χ0v) is 10.4. The monoisotopic (exact) mass is 264 g/mol. The van der Waals surface area contributed by atoms with E-state index in [9.17, 15) is 4.39 Å². The van der Waals surface area contributed by atoms with E-state index in [2.05, 4.69) is 4.98 Å². The summed E-state index contributed by atoms with van der Waals surface area (Å²) in [6, 6.07) is 15.2. The minimum absolute atomic E-state index is 0.216. The van der Waals surface area contributed by atoms with Gasteiger partial charge in [-0.25, -0.2) is 4.39 Å². The lowest BCUT2D eigenvalue weighted by atomic mass is 10.2. The Morgan fingerprint density at radius 2 is 1.90 bits per heavy atom. The molecule has 0 atom stereocenters. The van der Waals surface area contributed by atoms with E-state index < -0.39 is 5.82 Å². The molecule has 0 fully saturated rings. The predicted molar refractivity (Wildman–Crippen MR) is 72.9 cm³/mol. The summed E-state index contributed by atoms with van der Waals surface area (Å²) in [6.45, 7) is 0. The van der Waals surface area contributed by atoms with Gasteiger partial charge < -0.3 is 4.74 Å². The molecule has 0 spiro atoms. The van der Waals surface area contributed by atoms with Crippen LogP contribution in [0, 0.1) is 17.1 Å². The molecule has 0 aliphatic rings. The molecule has 2 aromatic carbocycles. The number of nitriles is 1. The SMILES string of the molecule is N#Cc1cc(F)cc(Oc2cnc3ccccc3c2)c1. The average molecular weight is 264 g/mol. The Kier molecular flexibility index (Phi) is 3.02. The Morgan fingerprint density at radius 3 is 2.75 bits per heavy atom. The molecule has 1 aromatic heterocycles. The van der Waals surface area contributed by atoms with Crippen molar-refractivity contribution < 1.29 is 9.13 Å². The zero-order valence-electron chi connectivity index (χ0n) is 10.4. The Hall–Kier alpha value is -2.93. The molecule has 20 heavy (non-hydrogen) atoms. The highest BCUT2D eigenvalue weighted by atomic mass is 19.1. The van der Waals surface area contributed by atoms with Crippen molar-refractivity contribution in [2.75, 3.05) is 0 Å². The van der Waals surface area contributed by atoms with Gasteiger partial charge in [-0.15, -0.1) is 0 Å². The lowest BCUT2D eigenvalue weighted by molar-refractivity contribution is 0.475. The maximum Gasteiger partial charge on any atom is 0.146 e. The van der Waals surface area contributed by atoms with Crippen molar-refractivity contribution in [3.05, 3.63) is 66.1 Å². The fourth-order valence-electron chi connectivity index (χ4n) is 1.93. The normalized spacial score (nSPS) is 10.2. The molecule has 0 saturated carbocycles. The minimum atomic E-state index is -0.507. The van der Waals surface area contributed by atoms with E-state index in [1.54, 1.807) is 6.20 Å². The first-order valence-electron chi connectivity index (χ1n) is 5.98. The van der Waals surface area contributed by atoms with Crippen LogP contribution in [-0.2, 0) is 0 Å². The molecule has 0 amide bonds. The Morgan fingerprint density at radius 1 is 1.05 bits per heavy atom. The summed E-state index contributed by atoms with van der Waals surface area (Å²) >= 11 is 0. The van der Waals surface area contributed by atoms with Crippen LogP contribution < -0.4 is 4.74 Å². The van der Waals surface area contributed by atoms with E-state index in [-0.39, 0.29) is 11.3 Å². The predicted octanol–water partition coefficient (Wildman–Crippen LogP) is 4.04. The van der Waals surface area contributed by atoms with Crippen molar-refractivity contribution in [1.29, 1.82) is 5.26 Å². The topological polar surface area (TPSA) is 45.9 Å². The zero-order chi connectivity index (χ0) is 13.9. The molecular weight excluding hydrogens is 255 g/mol. The summed E-state index contributed by atoms with van der Waals surface area (Å²) < 4.78 is 18.9. The van der Waals surface area contributed by atoms with Gasteiger partial charge in [-0.3, -0.25) is 4.98 Å². The van der Waals surface area contributed by atoms with E-state index >= 15 is 0 Å². The highest BCUT2D eigenvalue weighted by molar-refractivity contribution is 5.79. The highest BCUT2D eigenvalue weighted by Crippen LogP contribution is 2.25. The third-order valence-electron chi connectivity index (χ3n) is 2.80. The lowest BCUT2D eigenvalue weighted by Crippen LogP contribution is -1.89. The van der Waals surface area contributed by atoms with Gasteiger partial charge in [-0.1, -0.05) is 18.2 Å². The maximum absolute atomic E-state index is 13.3. The molecule has 1 heterocycles. The number of pyridine rings is 1. The molecule has 0 saturated heterocycles. The summed E-state index contributed by atoms with van der Waals surface area (Å²) in [5.41, 5.74) is 1.07. The van der Waals surface area contributed by atoms with E-state index in [4.69, 9.17) is 10.00 Å². The average Bonchev–Trinajstić information content (AvgIpc) is 2.46. The fraction of sp³-hybridized carbons (Fsp3) is 0. The molecule has 96 valence electrons. The van der Waals surface area contributed by atoms with Gasteiger partial charge in [0, 0.05) is 11.5 Å². The lowest BCUT2D eigenvalue weighted by Gasteiger charge is -2.07. The van der Waals surface area contributed by atoms with Gasteiger partial charge in [-0.2, -0.15) is 5.26 Å². The van der Waals surface area contributed by atoms with E-state index in [1.807, 2.05) is 36.4 Å². The maximum atomic E-state index is 13.3. The van der Waals surface area contributed by atoms with E-state index in [0.29, 0.717) is 5.75 Å². The molecule has 0 N–H and O–H groups in total. The van der Waals surface area contributed by atoms with Crippen molar-refractivity contribution in [1.82, 2.24) is 4.98 Å². The molecule has 0 aliphatic heterocycles. The van der Waals surface area contributed by atoms with Crippen molar-refractivity contribution in [2.45, 2.75) is 0 Å². The second-order valence-electron chi connectivity index (χ2n) is 4.25. The fourth-order valence-corrected chi connectivity index (χ4v) is 1.93. The van der Waals surface area contributed by atoms with Crippen LogP contribution in [0.25, 0.3) is 10.9 Å². The third kappa shape index (κ3) is 2.43. The molecule has 4 heteroatoms. The first-order chi connectivity index (χ1) is 9.74. The van der Waals surface area contributed by atoms with E-state index in [1.165, 1.54) is 12.1 Å². The van der Waals surface area contributed by atoms with Gasteiger partial charge in [0.1, 0.15) is 17.3 Å². The number of halogens is 1. The molecule has 0 radical (unpaired) electrons. The second-order valence-corrected chi connectivity index (χ2v) is 4.25. The first kappa shape index (κ1) is 12.1. The summed E-state index contributed by atoms with van der Waals surface area (Å²) in [5.74, 6) is 0.268. The van der Waals surface area contributed by atoms with Gasteiger partial charge in [0.15, 0.2) is 0 Å². The van der Waals surface area contributed by atoms with Gasteiger partial charge >= 0.3 is 0 Å². The minimum Gasteiger partial charge on any atom is -0.456 e. The van der Waals surface area contributed by atoms with Crippen molar-refractivity contribution in [2.24, 2.45) is 0 Å². The van der Waals surface area contributed by atoms with Crippen molar-refractivity contribution in [3.63, 3.8) is 0 Å². The van der Waals surface area contributed by atoms with Gasteiger partial charge in [0.2, 0.25) is 0 Å². The molecule has 3 nitrogen and oxygen atoms in total. The first-order valence-corrected chi connectivity index (χ1v) is 5.98. The highest BCUT2D eigenvalue weighted by Gasteiger charge is 2.04. The number of aromatic nitrogens is 1. The number of fused-ring (bicyclic) bond motifs is 1. The van der Waals surface area contributed by atoms with Crippen molar-refractivity contribution in [3.8, 4) is 17.6 Å². The Labute approximate surface area is 114 Å². The summed E-state index contributed by atoms with van der Waals surface area (Å²) in [6.07, 6.45) is 1.57. The number of nitrogens with zero attached hydrogens (tertiary/aromatic N) is 2. The van der Waals surface area contributed by atoms with Gasteiger partial charge in [-0.05, 0) is 24.3 Å². The van der Waals surface area contributed by atoms with Gasteiger partial charge in [0.25, 0.3) is 0 Å². The van der Waals surface area contributed by atoms with Crippen LogP contribution in [0.2, 0.25) is 0 Å². The van der Waals surface area contributed by atoms with Crippen LogP contribution >= 0.6 is 0 Å². The van der Waals surface area contributed by atoms with E-state index in [0.717, 1.165) is 17.0 Å². The largest absolute Gasteiger partial charge is 0.456 e. The molecule has 3 aromatic rings. The molecule has 0 unspecified atom stereocenters. The van der Waals surface area contributed by atoms with Crippen LogP contribution in [0.15, 0.2) is 54.7 Å². The van der Waals surface area contributed by atoms with Crippen LogP contribution in [0.3, 0.4) is 0 Å². The molecule has 0 bridgehead atoms. The Bertz CT molecular complexity index is 824. The number of hydrogen-bond donors (Lipinski definition) is 0. The number of para-hydroxylation sites is 1. The van der Waals surface area contributed by atoms with Gasteiger partial charge in [0.05, 0.1) is 23.3 Å². The second kappa shape index (κ2) is 4.98. The summed E-state index contributed by atoms with van der Waals surface area (Å²) in [7, 11) is 0. The smallest absolute Gasteiger partial charge is 0.146 e. The molecule has 3 rings (SSSR count). The van der Waals surface area contributed by atoms with Crippen LogP contribution in [0.1, 0.15) is 5.56 Å². The number of hydrogen-bond acceptors (Lipinski definition) is 3. The van der Waals surface area contributed by atoms with Crippen LogP contribution in [-0.4, -0.2) is 4.98 Å². The summed E-state index contributed by atoms with van der Waals surface area (Å²) in [5, 5.41) is 9.74.